The van der Waals surface area contributed by atoms with Crippen LogP contribution in [0.5, 0.6) is 0 Å². The predicted octanol–water partition coefficient (Wildman–Crippen LogP) is 0.911. The lowest BCUT2D eigenvalue weighted by Crippen LogP contribution is -2.35. The van der Waals surface area contributed by atoms with E-state index >= 15 is 0 Å². The summed E-state index contributed by atoms with van der Waals surface area (Å²) in [6.07, 6.45) is 3.21. The largest absolute Gasteiger partial charge is 0.307 e. The molecule has 0 bridgehead atoms. The first-order valence-corrected chi connectivity index (χ1v) is 4.92. The molecule has 1 fully saturated rings. The fourth-order valence-corrected chi connectivity index (χ4v) is 1.59. The lowest BCUT2D eigenvalue weighted by Gasteiger charge is -2.10. The van der Waals surface area contributed by atoms with Crippen molar-refractivity contribution in [1.82, 2.24) is 10.3 Å². The van der Waals surface area contributed by atoms with Crippen LogP contribution in [0.25, 0.3) is 0 Å². The highest BCUT2D eigenvalue weighted by atomic mass is 19.1. The molecule has 0 radical (unpaired) electrons. The van der Waals surface area contributed by atoms with Crippen LogP contribution in [0.3, 0.4) is 0 Å². The molecule has 1 atom stereocenters. The van der Waals surface area contributed by atoms with Crippen LogP contribution in [-0.4, -0.2) is 23.5 Å². The molecule has 15 heavy (non-hydrogen) atoms. The van der Waals surface area contributed by atoms with Gasteiger partial charge in [-0.25, -0.2) is 9.37 Å². The number of hydrogen-bond acceptors (Lipinski definition) is 3. The summed E-state index contributed by atoms with van der Waals surface area (Å²) < 4.78 is 13.1. The molecule has 0 spiro atoms. The molecular formula is C10H12FN3O. The number of carbonyl (C=O) groups is 1. The van der Waals surface area contributed by atoms with E-state index in [1.807, 2.05) is 0 Å². The third-order valence-electron chi connectivity index (χ3n) is 2.38. The van der Waals surface area contributed by atoms with E-state index < -0.39 is 5.82 Å². The first kappa shape index (κ1) is 10.0. The molecule has 1 aliphatic heterocycles. The Morgan fingerprint density at radius 2 is 2.53 bits per heavy atom. The van der Waals surface area contributed by atoms with Crippen molar-refractivity contribution in [2.24, 2.45) is 0 Å². The van der Waals surface area contributed by atoms with Gasteiger partial charge in [-0.2, -0.15) is 0 Å². The highest BCUT2D eigenvalue weighted by molar-refractivity contribution is 5.94. The zero-order chi connectivity index (χ0) is 10.7. The average molecular weight is 209 g/mol. The SMILES string of the molecule is O=C(Nc1ncccc1F)C1CCCN1. The second-order valence-corrected chi connectivity index (χ2v) is 3.47. The minimum Gasteiger partial charge on any atom is -0.307 e. The Balaban J connectivity index is 2.02. The van der Waals surface area contributed by atoms with Gasteiger partial charge in [-0.1, -0.05) is 0 Å². The first-order valence-electron chi connectivity index (χ1n) is 4.92. The number of amides is 1. The zero-order valence-corrected chi connectivity index (χ0v) is 8.16. The molecule has 2 N–H and O–H groups in total. The third-order valence-corrected chi connectivity index (χ3v) is 2.38. The lowest BCUT2D eigenvalue weighted by atomic mass is 10.2. The summed E-state index contributed by atoms with van der Waals surface area (Å²) in [6, 6.07) is 2.54. The normalized spacial score (nSPS) is 20.2. The number of rotatable bonds is 2. The smallest absolute Gasteiger partial charge is 0.242 e. The van der Waals surface area contributed by atoms with E-state index in [2.05, 4.69) is 15.6 Å². The standard InChI is InChI=1S/C10H12FN3O/c11-7-3-1-6-13-9(7)14-10(15)8-4-2-5-12-8/h1,3,6,8,12H,2,4-5H2,(H,13,14,15). The Labute approximate surface area is 86.9 Å². The molecule has 1 amide bonds. The zero-order valence-electron chi connectivity index (χ0n) is 8.16. The van der Waals surface area contributed by atoms with E-state index in [0.717, 1.165) is 19.4 Å². The number of halogens is 1. The van der Waals surface area contributed by atoms with Gasteiger partial charge in [0.1, 0.15) is 0 Å². The van der Waals surface area contributed by atoms with Gasteiger partial charge in [0, 0.05) is 6.20 Å². The summed E-state index contributed by atoms with van der Waals surface area (Å²) in [5.41, 5.74) is 0. The average Bonchev–Trinajstić information content (AvgIpc) is 2.74. The Hall–Kier alpha value is -1.49. The number of pyridine rings is 1. The molecule has 2 heterocycles. The topological polar surface area (TPSA) is 54.0 Å². The van der Waals surface area contributed by atoms with Gasteiger partial charge in [0.05, 0.1) is 6.04 Å². The van der Waals surface area contributed by atoms with E-state index in [0.29, 0.717) is 0 Å². The van der Waals surface area contributed by atoms with Gasteiger partial charge in [-0.3, -0.25) is 4.79 Å². The summed E-state index contributed by atoms with van der Waals surface area (Å²) in [7, 11) is 0. The number of hydrogen-bond donors (Lipinski definition) is 2. The monoisotopic (exact) mass is 209 g/mol. The van der Waals surface area contributed by atoms with Crippen molar-refractivity contribution in [3.63, 3.8) is 0 Å². The highest BCUT2D eigenvalue weighted by Gasteiger charge is 2.22. The van der Waals surface area contributed by atoms with Crippen LogP contribution in [0.15, 0.2) is 18.3 Å². The molecule has 4 nitrogen and oxygen atoms in total. The maximum absolute atomic E-state index is 13.1. The summed E-state index contributed by atoms with van der Waals surface area (Å²) >= 11 is 0. The van der Waals surface area contributed by atoms with Crippen LogP contribution < -0.4 is 10.6 Å². The Bertz CT molecular complexity index is 363. The number of aromatic nitrogens is 1. The maximum atomic E-state index is 13.1. The van der Waals surface area contributed by atoms with Crippen molar-refractivity contribution in [2.45, 2.75) is 18.9 Å². The quantitative estimate of drug-likeness (QED) is 0.761. The van der Waals surface area contributed by atoms with E-state index in [1.165, 1.54) is 18.3 Å². The van der Waals surface area contributed by atoms with Gasteiger partial charge in [0.2, 0.25) is 5.91 Å². The van der Waals surface area contributed by atoms with Crippen molar-refractivity contribution < 1.29 is 9.18 Å². The van der Waals surface area contributed by atoms with Gasteiger partial charge < -0.3 is 10.6 Å². The molecule has 1 unspecified atom stereocenters. The minimum absolute atomic E-state index is 0.00352. The van der Waals surface area contributed by atoms with E-state index in [9.17, 15) is 9.18 Å². The first-order chi connectivity index (χ1) is 7.27. The summed E-state index contributed by atoms with van der Waals surface area (Å²) in [5.74, 6) is -0.731. The third kappa shape index (κ3) is 2.30. The molecule has 1 aromatic rings. The van der Waals surface area contributed by atoms with Crippen molar-refractivity contribution in [2.75, 3.05) is 11.9 Å². The lowest BCUT2D eigenvalue weighted by molar-refractivity contribution is -0.117. The van der Waals surface area contributed by atoms with Crippen LogP contribution in [-0.2, 0) is 4.79 Å². The van der Waals surface area contributed by atoms with E-state index in [1.54, 1.807) is 0 Å². The predicted molar refractivity (Wildman–Crippen MR) is 53.8 cm³/mol. The molecule has 1 aromatic heterocycles. The molecule has 5 heteroatoms. The van der Waals surface area contributed by atoms with Crippen LogP contribution in [0, 0.1) is 5.82 Å². The van der Waals surface area contributed by atoms with Crippen molar-refractivity contribution in [3.8, 4) is 0 Å². The second-order valence-electron chi connectivity index (χ2n) is 3.47. The molecule has 0 aromatic carbocycles. The van der Waals surface area contributed by atoms with Crippen molar-refractivity contribution in [1.29, 1.82) is 0 Å². The molecule has 2 rings (SSSR count). The molecule has 0 saturated carbocycles. The van der Waals surface area contributed by atoms with Gasteiger partial charge >= 0.3 is 0 Å². The Kier molecular flexibility index (Phi) is 2.91. The molecule has 1 saturated heterocycles. The molecular weight excluding hydrogens is 197 g/mol. The van der Waals surface area contributed by atoms with Crippen molar-refractivity contribution in [3.05, 3.63) is 24.1 Å². The van der Waals surface area contributed by atoms with E-state index in [4.69, 9.17) is 0 Å². The summed E-state index contributed by atoms with van der Waals surface area (Å²) in [5, 5.41) is 5.50. The van der Waals surface area contributed by atoms with Crippen LogP contribution >= 0.6 is 0 Å². The summed E-state index contributed by atoms with van der Waals surface area (Å²) in [6.45, 7) is 0.836. The Morgan fingerprint density at radius 3 is 3.20 bits per heavy atom. The number of carbonyl (C=O) groups excluding carboxylic acids is 1. The highest BCUT2D eigenvalue weighted by Crippen LogP contribution is 2.11. The van der Waals surface area contributed by atoms with E-state index in [-0.39, 0.29) is 17.8 Å². The van der Waals surface area contributed by atoms with Crippen LogP contribution in [0.2, 0.25) is 0 Å². The molecule has 0 aliphatic carbocycles. The number of anilines is 1. The maximum Gasteiger partial charge on any atom is 0.242 e. The fourth-order valence-electron chi connectivity index (χ4n) is 1.59. The minimum atomic E-state index is -0.510. The Morgan fingerprint density at radius 1 is 1.67 bits per heavy atom. The fraction of sp³-hybridized carbons (Fsp3) is 0.400. The number of nitrogens with zero attached hydrogens (tertiary/aromatic N) is 1. The number of nitrogens with one attached hydrogen (secondary N) is 2. The van der Waals surface area contributed by atoms with Gasteiger partial charge in [-0.15, -0.1) is 0 Å². The molecule has 1 aliphatic rings. The van der Waals surface area contributed by atoms with Crippen LogP contribution in [0.1, 0.15) is 12.8 Å². The van der Waals surface area contributed by atoms with Gasteiger partial charge in [0.15, 0.2) is 11.6 Å². The van der Waals surface area contributed by atoms with Gasteiger partial charge in [-0.05, 0) is 31.5 Å². The second kappa shape index (κ2) is 4.35. The van der Waals surface area contributed by atoms with Crippen molar-refractivity contribution >= 4 is 11.7 Å². The van der Waals surface area contributed by atoms with Gasteiger partial charge in [0.25, 0.3) is 0 Å². The summed E-state index contributed by atoms with van der Waals surface area (Å²) in [4.78, 5) is 15.3. The van der Waals surface area contributed by atoms with Crippen LogP contribution in [0.4, 0.5) is 10.2 Å². The molecule has 80 valence electrons.